The molecule has 108 valence electrons. The van der Waals surface area contributed by atoms with Gasteiger partial charge in [-0.25, -0.2) is 0 Å². The molecule has 1 aliphatic rings. The molecule has 20 heavy (non-hydrogen) atoms. The van der Waals surface area contributed by atoms with Crippen LogP contribution in [0.1, 0.15) is 43.5 Å². The molecule has 5 heteroatoms. The van der Waals surface area contributed by atoms with Crippen LogP contribution in [-0.4, -0.2) is 23.8 Å². The molecule has 0 amide bonds. The molecule has 0 aliphatic carbocycles. The van der Waals surface area contributed by atoms with E-state index < -0.39 is 4.92 Å². The van der Waals surface area contributed by atoms with E-state index in [9.17, 15) is 14.9 Å². The minimum absolute atomic E-state index is 0.0258. The number of carbonyl (C=O) groups is 1. The van der Waals surface area contributed by atoms with Crippen molar-refractivity contribution in [2.75, 3.05) is 18.0 Å². The Morgan fingerprint density at radius 3 is 2.75 bits per heavy atom. The lowest BCUT2D eigenvalue weighted by Crippen LogP contribution is -2.26. The highest BCUT2D eigenvalue weighted by atomic mass is 16.6. The van der Waals surface area contributed by atoms with Gasteiger partial charge in [0.25, 0.3) is 5.69 Å². The Bertz CT molecular complexity index is 528. The SMILES string of the molecule is CC(=O)c1cc([N+](=O)[O-])ccc1N1CCCC(C)CC1. The zero-order valence-electron chi connectivity index (χ0n) is 12.0. The van der Waals surface area contributed by atoms with Gasteiger partial charge in [-0.15, -0.1) is 0 Å². The zero-order chi connectivity index (χ0) is 14.7. The second-order valence-corrected chi connectivity index (χ2v) is 5.54. The molecule has 0 spiro atoms. The topological polar surface area (TPSA) is 63.4 Å². The first-order chi connectivity index (χ1) is 9.49. The number of carbonyl (C=O) groups excluding carboxylic acids is 1. The number of benzene rings is 1. The Labute approximate surface area is 118 Å². The van der Waals surface area contributed by atoms with E-state index >= 15 is 0 Å². The average molecular weight is 276 g/mol. The van der Waals surface area contributed by atoms with Crippen LogP contribution < -0.4 is 4.90 Å². The predicted octanol–water partition coefficient (Wildman–Crippen LogP) is 3.42. The molecule has 0 bridgehead atoms. The lowest BCUT2D eigenvalue weighted by atomic mass is 10.0. The first kappa shape index (κ1) is 14.5. The molecule has 0 aromatic heterocycles. The second kappa shape index (κ2) is 6.03. The van der Waals surface area contributed by atoms with Gasteiger partial charge in [0, 0.05) is 36.5 Å². The Balaban J connectivity index is 2.35. The molecule has 1 atom stereocenters. The maximum absolute atomic E-state index is 11.8. The fourth-order valence-electron chi connectivity index (χ4n) is 2.70. The first-order valence-corrected chi connectivity index (χ1v) is 7.03. The molecule has 2 rings (SSSR count). The maximum Gasteiger partial charge on any atom is 0.270 e. The van der Waals surface area contributed by atoms with Gasteiger partial charge in [0.05, 0.1) is 4.92 Å². The molecular weight excluding hydrogens is 256 g/mol. The second-order valence-electron chi connectivity index (χ2n) is 5.54. The molecule has 1 heterocycles. The lowest BCUT2D eigenvalue weighted by Gasteiger charge is -2.24. The van der Waals surface area contributed by atoms with Crippen LogP contribution in [0.3, 0.4) is 0 Å². The Hall–Kier alpha value is -1.91. The maximum atomic E-state index is 11.8. The predicted molar refractivity (Wildman–Crippen MR) is 78.3 cm³/mol. The number of hydrogen-bond donors (Lipinski definition) is 0. The van der Waals surface area contributed by atoms with Crippen molar-refractivity contribution >= 4 is 17.2 Å². The van der Waals surface area contributed by atoms with Crippen molar-refractivity contribution in [1.29, 1.82) is 0 Å². The summed E-state index contributed by atoms with van der Waals surface area (Å²) in [5, 5.41) is 10.8. The third kappa shape index (κ3) is 3.15. The molecule has 0 N–H and O–H groups in total. The summed E-state index contributed by atoms with van der Waals surface area (Å²) >= 11 is 0. The molecular formula is C15H20N2O3. The van der Waals surface area contributed by atoms with Gasteiger partial charge in [-0.3, -0.25) is 14.9 Å². The van der Waals surface area contributed by atoms with Gasteiger partial charge < -0.3 is 4.90 Å². The number of nitro groups is 1. The molecule has 5 nitrogen and oxygen atoms in total. The summed E-state index contributed by atoms with van der Waals surface area (Å²) in [4.78, 5) is 24.4. The van der Waals surface area contributed by atoms with Crippen LogP contribution in [0.15, 0.2) is 18.2 Å². The number of rotatable bonds is 3. The van der Waals surface area contributed by atoms with Crippen molar-refractivity contribution < 1.29 is 9.72 Å². The number of Topliss-reactive ketones (excluding diaryl/α,β-unsaturated/α-hetero) is 1. The van der Waals surface area contributed by atoms with Crippen molar-refractivity contribution in [3.8, 4) is 0 Å². The van der Waals surface area contributed by atoms with E-state index in [1.54, 1.807) is 6.07 Å². The number of ketones is 1. The van der Waals surface area contributed by atoms with Gasteiger partial charge in [0.2, 0.25) is 0 Å². The third-order valence-corrected chi connectivity index (χ3v) is 3.93. The molecule has 1 aromatic carbocycles. The van der Waals surface area contributed by atoms with E-state index in [-0.39, 0.29) is 11.5 Å². The normalized spacial score (nSPS) is 19.5. The monoisotopic (exact) mass is 276 g/mol. The number of anilines is 1. The number of hydrogen-bond acceptors (Lipinski definition) is 4. The average Bonchev–Trinajstić information content (AvgIpc) is 2.62. The Morgan fingerprint density at radius 1 is 1.35 bits per heavy atom. The van der Waals surface area contributed by atoms with E-state index in [0.717, 1.165) is 31.6 Å². The summed E-state index contributed by atoms with van der Waals surface area (Å²) in [5.41, 5.74) is 1.26. The lowest BCUT2D eigenvalue weighted by molar-refractivity contribution is -0.384. The Morgan fingerprint density at radius 2 is 2.10 bits per heavy atom. The third-order valence-electron chi connectivity index (χ3n) is 3.93. The molecule has 1 saturated heterocycles. The van der Waals surface area contributed by atoms with Gasteiger partial charge in [-0.1, -0.05) is 6.92 Å². The number of non-ortho nitro benzene ring substituents is 1. The molecule has 1 fully saturated rings. The van der Waals surface area contributed by atoms with Crippen molar-refractivity contribution in [3.63, 3.8) is 0 Å². The fraction of sp³-hybridized carbons (Fsp3) is 0.533. The van der Waals surface area contributed by atoms with Crippen LogP contribution in [0, 0.1) is 16.0 Å². The minimum Gasteiger partial charge on any atom is -0.371 e. The minimum atomic E-state index is -0.458. The first-order valence-electron chi connectivity index (χ1n) is 7.03. The summed E-state index contributed by atoms with van der Waals surface area (Å²) < 4.78 is 0. The highest BCUT2D eigenvalue weighted by Crippen LogP contribution is 2.29. The van der Waals surface area contributed by atoms with Crippen molar-refractivity contribution in [1.82, 2.24) is 0 Å². The van der Waals surface area contributed by atoms with E-state index in [1.165, 1.54) is 25.5 Å². The number of nitro benzene ring substituents is 1. The van der Waals surface area contributed by atoms with Crippen LogP contribution in [-0.2, 0) is 0 Å². The van der Waals surface area contributed by atoms with E-state index in [4.69, 9.17) is 0 Å². The van der Waals surface area contributed by atoms with Gasteiger partial charge >= 0.3 is 0 Å². The van der Waals surface area contributed by atoms with Crippen LogP contribution >= 0.6 is 0 Å². The summed E-state index contributed by atoms with van der Waals surface area (Å²) in [6.45, 7) is 5.51. The summed E-state index contributed by atoms with van der Waals surface area (Å²) in [6.07, 6.45) is 3.38. The standard InChI is InChI=1S/C15H20N2O3/c1-11-4-3-8-16(9-7-11)15-6-5-13(17(19)20)10-14(15)12(2)18/h5-6,10-11H,3-4,7-9H2,1-2H3. The van der Waals surface area contributed by atoms with Gasteiger partial charge in [-0.2, -0.15) is 0 Å². The summed E-state index contributed by atoms with van der Waals surface area (Å²) in [7, 11) is 0. The molecule has 0 saturated carbocycles. The molecule has 1 unspecified atom stereocenters. The molecule has 1 aliphatic heterocycles. The van der Waals surface area contributed by atoms with Crippen molar-refractivity contribution in [2.24, 2.45) is 5.92 Å². The largest absolute Gasteiger partial charge is 0.371 e. The van der Waals surface area contributed by atoms with Crippen molar-refractivity contribution in [2.45, 2.75) is 33.1 Å². The quantitative estimate of drug-likeness (QED) is 0.482. The van der Waals surface area contributed by atoms with Gasteiger partial charge in [-0.05, 0) is 38.2 Å². The van der Waals surface area contributed by atoms with E-state index in [1.807, 2.05) is 0 Å². The zero-order valence-corrected chi connectivity index (χ0v) is 12.0. The summed E-state index contributed by atoms with van der Waals surface area (Å²) in [5.74, 6) is 0.569. The van der Waals surface area contributed by atoms with Crippen molar-refractivity contribution in [3.05, 3.63) is 33.9 Å². The highest BCUT2D eigenvalue weighted by molar-refractivity contribution is 6.00. The molecule has 0 radical (unpaired) electrons. The van der Waals surface area contributed by atoms with Gasteiger partial charge in [0.1, 0.15) is 0 Å². The number of nitrogens with zero attached hydrogens (tertiary/aromatic N) is 2. The van der Waals surface area contributed by atoms with Crippen LogP contribution in [0.25, 0.3) is 0 Å². The van der Waals surface area contributed by atoms with E-state index in [0.29, 0.717) is 11.5 Å². The van der Waals surface area contributed by atoms with Crippen LogP contribution in [0.4, 0.5) is 11.4 Å². The van der Waals surface area contributed by atoms with E-state index in [2.05, 4.69) is 11.8 Å². The smallest absolute Gasteiger partial charge is 0.270 e. The fourth-order valence-corrected chi connectivity index (χ4v) is 2.70. The van der Waals surface area contributed by atoms with Crippen LogP contribution in [0.5, 0.6) is 0 Å². The molecule has 1 aromatic rings. The highest BCUT2D eigenvalue weighted by Gasteiger charge is 2.20. The Kier molecular flexibility index (Phi) is 4.37. The van der Waals surface area contributed by atoms with Crippen LogP contribution in [0.2, 0.25) is 0 Å². The van der Waals surface area contributed by atoms with Gasteiger partial charge in [0.15, 0.2) is 5.78 Å². The summed E-state index contributed by atoms with van der Waals surface area (Å²) in [6, 6.07) is 4.59.